The van der Waals surface area contributed by atoms with Crippen LogP contribution in [0.1, 0.15) is 31.2 Å². The molecule has 1 aromatic carbocycles. The zero-order chi connectivity index (χ0) is 12.5. The van der Waals surface area contributed by atoms with Crippen LogP contribution in [-0.2, 0) is 6.54 Å². The zero-order valence-electron chi connectivity index (χ0n) is 10.6. The highest BCUT2D eigenvalue weighted by molar-refractivity contribution is 9.10. The minimum Gasteiger partial charge on any atom is -0.493 e. The third-order valence-electron chi connectivity index (χ3n) is 4.59. The second-order valence-electron chi connectivity index (χ2n) is 5.70. The van der Waals surface area contributed by atoms with Crippen LogP contribution in [0.5, 0.6) is 5.75 Å². The van der Waals surface area contributed by atoms with E-state index < -0.39 is 0 Å². The van der Waals surface area contributed by atoms with Crippen LogP contribution in [0.15, 0.2) is 22.7 Å². The Hall–Kier alpha value is -0.540. The van der Waals surface area contributed by atoms with E-state index in [0.29, 0.717) is 6.54 Å². The highest BCUT2D eigenvalue weighted by atomic mass is 79.9. The molecule has 98 valence electrons. The third-order valence-corrected chi connectivity index (χ3v) is 5.36. The van der Waals surface area contributed by atoms with E-state index in [4.69, 9.17) is 10.5 Å². The summed E-state index contributed by atoms with van der Waals surface area (Å²) in [4.78, 5) is 0. The van der Waals surface area contributed by atoms with Crippen LogP contribution < -0.4 is 10.5 Å². The SMILES string of the molecule is NCc1cc(OCC2CC3CCC2C3)ccc1Br. The van der Waals surface area contributed by atoms with Gasteiger partial charge in [0, 0.05) is 11.0 Å². The van der Waals surface area contributed by atoms with Gasteiger partial charge in [-0.3, -0.25) is 0 Å². The maximum atomic E-state index is 5.96. The van der Waals surface area contributed by atoms with Crippen molar-refractivity contribution in [2.24, 2.45) is 23.5 Å². The number of benzene rings is 1. The van der Waals surface area contributed by atoms with E-state index in [1.807, 2.05) is 12.1 Å². The molecule has 0 saturated heterocycles. The molecule has 18 heavy (non-hydrogen) atoms. The van der Waals surface area contributed by atoms with Crippen molar-refractivity contribution in [2.45, 2.75) is 32.2 Å². The highest BCUT2D eigenvalue weighted by Crippen LogP contribution is 2.48. The van der Waals surface area contributed by atoms with Gasteiger partial charge >= 0.3 is 0 Å². The lowest BCUT2D eigenvalue weighted by atomic mass is 9.89. The van der Waals surface area contributed by atoms with Crippen molar-refractivity contribution >= 4 is 15.9 Å². The zero-order valence-corrected chi connectivity index (χ0v) is 12.2. The molecule has 0 aliphatic heterocycles. The minimum absolute atomic E-state index is 0.548. The van der Waals surface area contributed by atoms with E-state index in [9.17, 15) is 0 Å². The fourth-order valence-electron chi connectivity index (χ4n) is 3.58. The van der Waals surface area contributed by atoms with Crippen molar-refractivity contribution in [3.05, 3.63) is 28.2 Å². The molecule has 3 unspecified atom stereocenters. The summed E-state index contributed by atoms with van der Waals surface area (Å²) in [7, 11) is 0. The van der Waals surface area contributed by atoms with Gasteiger partial charge in [0.05, 0.1) is 6.61 Å². The molecule has 2 saturated carbocycles. The lowest BCUT2D eigenvalue weighted by molar-refractivity contribution is 0.195. The van der Waals surface area contributed by atoms with Crippen molar-refractivity contribution in [1.29, 1.82) is 0 Å². The molecule has 0 spiro atoms. The molecule has 0 radical (unpaired) electrons. The Morgan fingerprint density at radius 1 is 1.28 bits per heavy atom. The van der Waals surface area contributed by atoms with Crippen LogP contribution in [0, 0.1) is 17.8 Å². The molecule has 0 aromatic heterocycles. The summed E-state index contributed by atoms with van der Waals surface area (Å²) in [5.74, 6) is 3.67. The van der Waals surface area contributed by atoms with E-state index in [1.54, 1.807) is 0 Å². The van der Waals surface area contributed by atoms with Crippen molar-refractivity contribution in [2.75, 3.05) is 6.61 Å². The molecule has 2 fully saturated rings. The van der Waals surface area contributed by atoms with E-state index in [2.05, 4.69) is 22.0 Å². The average Bonchev–Trinajstić information content (AvgIpc) is 3.00. The number of hydrogen-bond acceptors (Lipinski definition) is 2. The molecule has 1 aromatic rings. The van der Waals surface area contributed by atoms with E-state index in [1.165, 1.54) is 25.7 Å². The fraction of sp³-hybridized carbons (Fsp3) is 0.600. The lowest BCUT2D eigenvalue weighted by Gasteiger charge is -2.22. The first-order valence-corrected chi connectivity index (χ1v) is 7.67. The molecule has 2 aliphatic carbocycles. The quantitative estimate of drug-likeness (QED) is 0.920. The molecule has 0 amide bonds. The molecule has 3 atom stereocenters. The normalized spacial score (nSPS) is 29.8. The second-order valence-corrected chi connectivity index (χ2v) is 6.56. The maximum absolute atomic E-state index is 5.96. The standard InChI is InChI=1S/C15H20BrNO/c16-15-4-3-14(7-12(15)8-17)18-9-13-6-10-1-2-11(13)5-10/h3-4,7,10-11,13H,1-2,5-6,8-9,17H2. The summed E-state index contributed by atoms with van der Waals surface area (Å²) in [5, 5.41) is 0. The summed E-state index contributed by atoms with van der Waals surface area (Å²) >= 11 is 3.50. The van der Waals surface area contributed by atoms with Gasteiger partial charge in [-0.15, -0.1) is 0 Å². The first-order valence-electron chi connectivity index (χ1n) is 6.87. The molecule has 2 nitrogen and oxygen atoms in total. The van der Waals surface area contributed by atoms with Gasteiger partial charge < -0.3 is 10.5 Å². The van der Waals surface area contributed by atoms with E-state index in [0.717, 1.165) is 40.1 Å². The largest absolute Gasteiger partial charge is 0.493 e. The van der Waals surface area contributed by atoms with Crippen LogP contribution in [0.4, 0.5) is 0 Å². The van der Waals surface area contributed by atoms with Gasteiger partial charge in [0.25, 0.3) is 0 Å². The van der Waals surface area contributed by atoms with Gasteiger partial charge in [0.1, 0.15) is 5.75 Å². The first-order chi connectivity index (χ1) is 8.76. The summed E-state index contributed by atoms with van der Waals surface area (Å²) in [5.41, 5.74) is 6.81. The Bertz CT molecular complexity index is 435. The van der Waals surface area contributed by atoms with Crippen molar-refractivity contribution in [3.8, 4) is 5.75 Å². The molecule has 3 heteroatoms. The lowest BCUT2D eigenvalue weighted by Crippen LogP contribution is -2.18. The highest BCUT2D eigenvalue weighted by Gasteiger charge is 2.39. The molecule has 2 N–H and O–H groups in total. The summed E-state index contributed by atoms with van der Waals surface area (Å²) in [6.45, 7) is 1.43. The summed E-state index contributed by atoms with van der Waals surface area (Å²) < 4.78 is 7.03. The molecule has 0 heterocycles. The van der Waals surface area contributed by atoms with E-state index >= 15 is 0 Å². The smallest absolute Gasteiger partial charge is 0.119 e. The van der Waals surface area contributed by atoms with Gasteiger partial charge in [0.2, 0.25) is 0 Å². The van der Waals surface area contributed by atoms with Gasteiger partial charge in [-0.2, -0.15) is 0 Å². The van der Waals surface area contributed by atoms with Gasteiger partial charge in [-0.05, 0) is 60.8 Å². The Morgan fingerprint density at radius 3 is 2.83 bits per heavy atom. The number of nitrogens with two attached hydrogens (primary N) is 1. The Labute approximate surface area is 117 Å². The molecule has 3 rings (SSSR count). The first kappa shape index (κ1) is 12.5. The van der Waals surface area contributed by atoms with E-state index in [-0.39, 0.29) is 0 Å². The number of halogens is 1. The predicted molar refractivity (Wildman–Crippen MR) is 76.5 cm³/mol. The average molecular weight is 310 g/mol. The third kappa shape index (κ3) is 2.43. The number of rotatable bonds is 4. The van der Waals surface area contributed by atoms with Crippen molar-refractivity contribution in [1.82, 2.24) is 0 Å². The number of hydrogen-bond donors (Lipinski definition) is 1. The topological polar surface area (TPSA) is 35.2 Å². The monoisotopic (exact) mass is 309 g/mol. The second kappa shape index (κ2) is 5.22. The van der Waals surface area contributed by atoms with Crippen LogP contribution in [0.3, 0.4) is 0 Å². The summed E-state index contributed by atoms with van der Waals surface area (Å²) in [6, 6.07) is 6.10. The molecular formula is C15H20BrNO. The van der Waals surface area contributed by atoms with Gasteiger partial charge in [-0.1, -0.05) is 22.4 Å². The predicted octanol–water partition coefficient (Wildman–Crippen LogP) is 3.72. The van der Waals surface area contributed by atoms with Gasteiger partial charge in [0.15, 0.2) is 0 Å². The molecule has 2 aliphatic rings. The van der Waals surface area contributed by atoms with Crippen LogP contribution in [0.2, 0.25) is 0 Å². The number of fused-ring (bicyclic) bond motifs is 2. The number of ether oxygens (including phenoxy) is 1. The fourth-order valence-corrected chi connectivity index (χ4v) is 3.99. The van der Waals surface area contributed by atoms with Crippen molar-refractivity contribution < 1.29 is 4.74 Å². The van der Waals surface area contributed by atoms with Crippen molar-refractivity contribution in [3.63, 3.8) is 0 Å². The van der Waals surface area contributed by atoms with Gasteiger partial charge in [-0.25, -0.2) is 0 Å². The summed E-state index contributed by atoms with van der Waals surface area (Å²) in [6.07, 6.45) is 5.71. The Morgan fingerprint density at radius 2 is 2.17 bits per heavy atom. The maximum Gasteiger partial charge on any atom is 0.119 e. The molecular weight excluding hydrogens is 290 g/mol. The van der Waals surface area contributed by atoms with Crippen LogP contribution in [-0.4, -0.2) is 6.61 Å². The molecule has 2 bridgehead atoms. The van der Waals surface area contributed by atoms with Crippen LogP contribution in [0.25, 0.3) is 0 Å². The Kier molecular flexibility index (Phi) is 3.62. The van der Waals surface area contributed by atoms with Crippen LogP contribution >= 0.6 is 15.9 Å². The Balaban J connectivity index is 1.60. The minimum atomic E-state index is 0.548.